The Balaban J connectivity index is 2.28. The van der Waals surface area contributed by atoms with Crippen LogP contribution >= 0.6 is 0 Å². The number of benzene rings is 2. The fourth-order valence-electron chi connectivity index (χ4n) is 5.38. The van der Waals surface area contributed by atoms with Crippen molar-refractivity contribution in [2.75, 3.05) is 0 Å². The largest absolute Gasteiger partial charge is 0.0801 e. The Bertz CT molecular complexity index is 1320. The molecule has 2 aromatic rings. The van der Waals surface area contributed by atoms with Crippen LogP contribution in [-0.4, -0.2) is 0 Å². The Labute approximate surface area is 182 Å². The molecule has 0 N–H and O–H groups in total. The summed E-state index contributed by atoms with van der Waals surface area (Å²) in [5, 5.41) is 5.66. The van der Waals surface area contributed by atoms with Gasteiger partial charge in [0.05, 0.1) is 0 Å². The molecule has 0 spiro atoms. The lowest BCUT2D eigenvalue weighted by atomic mass is 9.75. The van der Waals surface area contributed by atoms with Gasteiger partial charge >= 0.3 is 0 Å². The molecule has 0 amide bonds. The number of allylic oxidation sites excluding steroid dienone is 4. The Hall–Kier alpha value is -2.34. The van der Waals surface area contributed by atoms with E-state index in [0.717, 1.165) is 6.42 Å². The molecule has 2 aromatic carbocycles. The average Bonchev–Trinajstić information content (AvgIpc) is 3.25. The number of hydrogen-bond acceptors (Lipinski definition) is 0. The highest BCUT2D eigenvalue weighted by atomic mass is 14.3. The van der Waals surface area contributed by atoms with Crippen LogP contribution in [0.2, 0.25) is 0 Å². The van der Waals surface area contributed by atoms with E-state index < -0.39 is 0 Å². The van der Waals surface area contributed by atoms with Crippen LogP contribution in [0.15, 0.2) is 36.4 Å². The van der Waals surface area contributed by atoms with Gasteiger partial charge in [0.15, 0.2) is 0 Å². The van der Waals surface area contributed by atoms with Crippen molar-refractivity contribution in [2.45, 2.75) is 79.6 Å². The van der Waals surface area contributed by atoms with Crippen LogP contribution in [0.25, 0.3) is 17.2 Å². The van der Waals surface area contributed by atoms with Crippen molar-refractivity contribution in [3.63, 3.8) is 0 Å². The summed E-state index contributed by atoms with van der Waals surface area (Å²) in [5.41, 5.74) is 10.4. The molecule has 0 radical (unpaired) electrons. The second-order valence-electron chi connectivity index (χ2n) is 11.3. The average molecular weight is 397 g/mol. The molecule has 4 rings (SSSR count). The SMILES string of the molecule is CC(C)=c1c(C)c(C(C)(C)C)c(C2=CC=CC2)c2c1=c1ccc(C(C)(C)C)cc1=C2. The molecule has 0 aromatic heterocycles. The van der Waals surface area contributed by atoms with Gasteiger partial charge in [0.1, 0.15) is 0 Å². The first-order chi connectivity index (χ1) is 13.9. The number of rotatable bonds is 1. The lowest BCUT2D eigenvalue weighted by molar-refractivity contribution is 0.583. The van der Waals surface area contributed by atoms with Gasteiger partial charge in [-0.3, -0.25) is 0 Å². The van der Waals surface area contributed by atoms with Crippen LogP contribution < -0.4 is 10.4 Å². The first-order valence-corrected chi connectivity index (χ1v) is 11.3. The van der Waals surface area contributed by atoms with Crippen molar-refractivity contribution in [3.05, 3.63) is 85.1 Å². The van der Waals surface area contributed by atoms with E-state index in [0.29, 0.717) is 0 Å². The molecule has 0 fully saturated rings. The van der Waals surface area contributed by atoms with E-state index in [1.807, 2.05) is 0 Å². The molecule has 0 bridgehead atoms. The maximum absolute atomic E-state index is 2.47. The van der Waals surface area contributed by atoms with Gasteiger partial charge in [0, 0.05) is 0 Å². The van der Waals surface area contributed by atoms with Crippen molar-refractivity contribution < 1.29 is 0 Å². The van der Waals surface area contributed by atoms with Gasteiger partial charge in [-0.15, -0.1) is 0 Å². The highest BCUT2D eigenvalue weighted by molar-refractivity contribution is 5.83. The fraction of sp³-hybridized carbons (Fsp3) is 0.400. The van der Waals surface area contributed by atoms with Crippen molar-refractivity contribution >= 4 is 17.2 Å². The van der Waals surface area contributed by atoms with Gasteiger partial charge in [0.25, 0.3) is 0 Å². The highest BCUT2D eigenvalue weighted by Gasteiger charge is 2.27. The van der Waals surface area contributed by atoms with Crippen molar-refractivity contribution in [2.24, 2.45) is 0 Å². The third-order valence-electron chi connectivity index (χ3n) is 6.62. The van der Waals surface area contributed by atoms with Crippen LogP contribution in [-0.2, 0) is 10.8 Å². The predicted octanol–water partition coefficient (Wildman–Crippen LogP) is 6.55. The molecule has 2 aliphatic carbocycles. The summed E-state index contributed by atoms with van der Waals surface area (Å²) in [7, 11) is 0. The molecule has 30 heavy (non-hydrogen) atoms. The van der Waals surface area contributed by atoms with Crippen LogP contribution in [0.1, 0.15) is 89.6 Å². The molecule has 0 heterocycles. The van der Waals surface area contributed by atoms with Crippen LogP contribution in [0.4, 0.5) is 0 Å². The minimum absolute atomic E-state index is 0.0846. The minimum Gasteiger partial charge on any atom is -0.0801 e. The van der Waals surface area contributed by atoms with Gasteiger partial charge < -0.3 is 0 Å². The van der Waals surface area contributed by atoms with Crippen molar-refractivity contribution in [3.8, 4) is 0 Å². The summed E-state index contributed by atoms with van der Waals surface area (Å²) in [5.74, 6) is 0. The third kappa shape index (κ3) is 3.22. The molecule has 156 valence electrons. The summed E-state index contributed by atoms with van der Waals surface area (Å²) in [4.78, 5) is 0. The van der Waals surface area contributed by atoms with E-state index in [1.165, 1.54) is 59.8 Å². The van der Waals surface area contributed by atoms with Crippen LogP contribution in [0.5, 0.6) is 0 Å². The van der Waals surface area contributed by atoms with Crippen molar-refractivity contribution in [1.29, 1.82) is 0 Å². The van der Waals surface area contributed by atoms with E-state index in [2.05, 4.69) is 105 Å². The second kappa shape index (κ2) is 6.84. The van der Waals surface area contributed by atoms with E-state index >= 15 is 0 Å². The summed E-state index contributed by atoms with van der Waals surface area (Å²) in [6.07, 6.45) is 10.3. The highest BCUT2D eigenvalue weighted by Crippen LogP contribution is 2.38. The normalized spacial score (nSPS) is 15.0. The summed E-state index contributed by atoms with van der Waals surface area (Å²) in [6, 6.07) is 7.12. The van der Waals surface area contributed by atoms with E-state index in [9.17, 15) is 0 Å². The first kappa shape index (κ1) is 20.9. The summed E-state index contributed by atoms with van der Waals surface area (Å²) in [6.45, 7) is 20.9. The lowest BCUT2D eigenvalue weighted by Gasteiger charge is -2.28. The molecule has 0 atom stereocenters. The van der Waals surface area contributed by atoms with E-state index in [4.69, 9.17) is 0 Å². The predicted molar refractivity (Wildman–Crippen MR) is 132 cm³/mol. The Morgan fingerprint density at radius 1 is 0.933 bits per heavy atom. The Morgan fingerprint density at radius 2 is 1.63 bits per heavy atom. The molecule has 0 heteroatoms. The molecule has 0 unspecified atom stereocenters. The molecule has 0 aliphatic heterocycles. The summed E-state index contributed by atoms with van der Waals surface area (Å²) >= 11 is 0. The maximum atomic E-state index is 2.47. The van der Waals surface area contributed by atoms with Gasteiger partial charge in [-0.25, -0.2) is 0 Å². The van der Waals surface area contributed by atoms with Crippen LogP contribution in [0.3, 0.4) is 0 Å². The zero-order valence-corrected chi connectivity index (χ0v) is 20.2. The first-order valence-electron chi connectivity index (χ1n) is 11.3. The Morgan fingerprint density at radius 3 is 2.17 bits per heavy atom. The maximum Gasteiger partial charge on any atom is -0.00243 e. The standard InChI is InChI=1S/C30H36/c1-18(2)25-19(3)28(30(7,8)9)26(20-12-10-11-13-20)24-17-21-16-22(29(4,5)6)14-15-23(21)27(24)25/h10-12,14-17H,13H2,1-9H3. The molecule has 0 saturated heterocycles. The lowest BCUT2D eigenvalue weighted by Crippen LogP contribution is -2.25. The van der Waals surface area contributed by atoms with Gasteiger partial charge in [0.2, 0.25) is 0 Å². The molecule has 0 saturated carbocycles. The second-order valence-corrected chi connectivity index (χ2v) is 11.3. The third-order valence-corrected chi connectivity index (χ3v) is 6.62. The van der Waals surface area contributed by atoms with Gasteiger partial charge in [-0.2, -0.15) is 0 Å². The Kier molecular flexibility index (Phi) is 4.77. The minimum atomic E-state index is 0.0846. The van der Waals surface area contributed by atoms with E-state index in [-0.39, 0.29) is 10.8 Å². The quantitative estimate of drug-likeness (QED) is 0.437. The number of fused-ring (bicyclic) bond motifs is 2. The van der Waals surface area contributed by atoms with Gasteiger partial charge in [-0.05, 0) is 98.4 Å². The zero-order valence-electron chi connectivity index (χ0n) is 20.2. The van der Waals surface area contributed by atoms with Crippen molar-refractivity contribution in [1.82, 2.24) is 0 Å². The summed E-state index contributed by atoms with van der Waals surface area (Å²) < 4.78 is 0. The molecular formula is C30H36. The van der Waals surface area contributed by atoms with E-state index in [1.54, 1.807) is 0 Å². The number of hydrogen-bond donors (Lipinski definition) is 0. The molecule has 2 aliphatic rings. The molecular weight excluding hydrogens is 360 g/mol. The molecule has 0 nitrogen and oxygen atoms in total. The smallest absolute Gasteiger partial charge is 0.00243 e. The topological polar surface area (TPSA) is 0 Å². The monoisotopic (exact) mass is 396 g/mol. The van der Waals surface area contributed by atoms with Gasteiger partial charge in [-0.1, -0.05) is 83.5 Å². The van der Waals surface area contributed by atoms with Crippen LogP contribution in [0, 0.1) is 17.4 Å². The fourth-order valence-corrected chi connectivity index (χ4v) is 5.38. The zero-order chi connectivity index (χ0) is 22.0.